The predicted molar refractivity (Wildman–Crippen MR) is 187 cm³/mol. The highest BCUT2D eigenvalue weighted by Gasteiger charge is 2.66. The van der Waals surface area contributed by atoms with Crippen molar-refractivity contribution in [2.75, 3.05) is 56.4 Å². The summed E-state index contributed by atoms with van der Waals surface area (Å²) in [5, 5.41) is 0. The molecule has 2 saturated heterocycles. The Morgan fingerprint density at radius 1 is 0.760 bits per heavy atom. The number of hydrogen-bond acceptors (Lipinski definition) is 11. The van der Waals surface area contributed by atoms with E-state index in [1.165, 1.54) is 17.2 Å². The van der Waals surface area contributed by atoms with Crippen molar-refractivity contribution in [1.82, 2.24) is 9.80 Å². The lowest BCUT2D eigenvalue weighted by molar-refractivity contribution is -0.192. The van der Waals surface area contributed by atoms with Crippen LogP contribution in [0, 0.1) is 0 Å². The van der Waals surface area contributed by atoms with Crippen LogP contribution in [0.1, 0.15) is 60.2 Å². The molecule has 4 aliphatic heterocycles. The monoisotopic (exact) mass is 686 g/mol. The second kappa shape index (κ2) is 12.9. The van der Waals surface area contributed by atoms with E-state index in [1.807, 2.05) is 0 Å². The highest BCUT2D eigenvalue weighted by molar-refractivity contribution is 5.87. The Bertz CT molecular complexity index is 1820. The minimum atomic E-state index is -0.451. The first-order chi connectivity index (χ1) is 24.1. The summed E-state index contributed by atoms with van der Waals surface area (Å²) >= 11 is 0. The maximum Gasteiger partial charge on any atom is 0.330 e. The molecule has 4 heterocycles. The molecule has 2 fully saturated rings. The Hall–Kier alpha value is -4.61. The van der Waals surface area contributed by atoms with Crippen molar-refractivity contribution >= 4 is 12.0 Å². The molecular weight excluding hydrogens is 640 g/mol. The quantitative estimate of drug-likeness (QED) is 0.183. The first kappa shape index (κ1) is 33.9. The molecule has 4 aliphatic rings. The predicted octanol–water partition coefficient (Wildman–Crippen LogP) is 5.72. The lowest BCUT2D eigenvalue weighted by Gasteiger charge is -2.66. The van der Waals surface area contributed by atoms with E-state index in [2.05, 4.69) is 47.9 Å². The van der Waals surface area contributed by atoms with Crippen LogP contribution in [0.25, 0.3) is 6.08 Å². The third kappa shape index (κ3) is 5.04. The van der Waals surface area contributed by atoms with Crippen LogP contribution in [0.3, 0.4) is 0 Å². The first-order valence-corrected chi connectivity index (χ1v) is 16.9. The number of rotatable bonds is 11. The van der Waals surface area contributed by atoms with Gasteiger partial charge in [0.2, 0.25) is 5.75 Å². The SMILES string of the molecule is COc1cc2c(cc1OC)C(COC(=O)C=Cc1cc(OC)c(OC)c(OC)c1)N1C(C)C3CC4(C)c5cc(OC)c(OC)cc5C(C1C2)N34. The summed E-state index contributed by atoms with van der Waals surface area (Å²) in [7, 11) is 11.3. The van der Waals surface area contributed by atoms with Crippen molar-refractivity contribution in [1.29, 1.82) is 0 Å². The standard InChI is InChI=1S/C39H46N2O9/c1-21-28-19-39(2)26-18-33(46-6)32(45-5)17-25(26)37(41(28)39)27-14-23-15-30(43-3)31(44-4)16-24(23)29(40(21)27)20-50-36(42)11-10-22-12-34(47-7)38(49-9)35(13-22)48-8/h10-13,15-18,21,27-29,37H,14,19-20H2,1-9H3. The number of esters is 1. The summed E-state index contributed by atoms with van der Waals surface area (Å²) < 4.78 is 45.5. The number of methoxy groups -OCH3 is 7. The molecule has 0 aliphatic carbocycles. The maximum absolute atomic E-state index is 13.4. The molecule has 11 heteroatoms. The molecule has 6 unspecified atom stereocenters. The van der Waals surface area contributed by atoms with Crippen LogP contribution in [-0.2, 0) is 21.5 Å². The van der Waals surface area contributed by atoms with Gasteiger partial charge in [0.25, 0.3) is 0 Å². The molecule has 0 spiro atoms. The van der Waals surface area contributed by atoms with E-state index in [0.717, 1.165) is 35.5 Å². The Balaban J connectivity index is 1.24. The summed E-state index contributed by atoms with van der Waals surface area (Å²) in [6, 6.07) is 12.6. The van der Waals surface area contributed by atoms with Crippen LogP contribution in [0.5, 0.6) is 40.2 Å². The van der Waals surface area contributed by atoms with Gasteiger partial charge in [-0.3, -0.25) is 9.80 Å². The van der Waals surface area contributed by atoms with Gasteiger partial charge in [-0.2, -0.15) is 0 Å². The van der Waals surface area contributed by atoms with E-state index in [-0.39, 0.29) is 36.3 Å². The summed E-state index contributed by atoms with van der Waals surface area (Å²) in [5.74, 6) is 3.83. The number of hydrogen-bond donors (Lipinski definition) is 0. The fourth-order valence-corrected chi connectivity index (χ4v) is 9.13. The minimum Gasteiger partial charge on any atom is -0.493 e. The second-order valence-corrected chi connectivity index (χ2v) is 13.5. The van der Waals surface area contributed by atoms with Crippen LogP contribution in [-0.4, -0.2) is 90.3 Å². The van der Waals surface area contributed by atoms with Crippen molar-refractivity contribution in [3.63, 3.8) is 0 Å². The van der Waals surface area contributed by atoms with Crippen LogP contribution in [0.4, 0.5) is 0 Å². The second-order valence-electron chi connectivity index (χ2n) is 13.5. The summed E-state index contributed by atoms with van der Waals surface area (Å²) in [4.78, 5) is 18.7. The molecule has 0 radical (unpaired) electrons. The molecule has 0 aromatic heterocycles. The third-order valence-electron chi connectivity index (χ3n) is 11.3. The number of carbonyl (C=O) groups excluding carboxylic acids is 1. The molecule has 0 amide bonds. The van der Waals surface area contributed by atoms with Crippen molar-refractivity contribution < 1.29 is 42.7 Å². The Morgan fingerprint density at radius 3 is 1.94 bits per heavy atom. The van der Waals surface area contributed by atoms with Crippen molar-refractivity contribution in [3.8, 4) is 40.2 Å². The van der Waals surface area contributed by atoms with Gasteiger partial charge in [-0.15, -0.1) is 0 Å². The van der Waals surface area contributed by atoms with Crippen LogP contribution < -0.4 is 33.2 Å². The molecule has 11 nitrogen and oxygen atoms in total. The first-order valence-electron chi connectivity index (χ1n) is 16.9. The van der Waals surface area contributed by atoms with Gasteiger partial charge < -0.3 is 37.9 Å². The van der Waals surface area contributed by atoms with E-state index >= 15 is 0 Å². The Morgan fingerprint density at radius 2 is 1.34 bits per heavy atom. The van der Waals surface area contributed by atoms with Crippen molar-refractivity contribution in [2.24, 2.45) is 0 Å². The summed E-state index contributed by atoms with van der Waals surface area (Å²) in [6.45, 7) is 4.82. The van der Waals surface area contributed by atoms with E-state index in [4.69, 9.17) is 37.9 Å². The topological polar surface area (TPSA) is 97.4 Å². The fraction of sp³-hybridized carbons (Fsp3) is 0.462. The summed E-state index contributed by atoms with van der Waals surface area (Å²) in [6.07, 6.45) is 4.93. The van der Waals surface area contributed by atoms with Crippen molar-refractivity contribution in [2.45, 2.75) is 62.4 Å². The highest BCUT2D eigenvalue weighted by atomic mass is 16.5. The largest absolute Gasteiger partial charge is 0.493 e. The minimum absolute atomic E-state index is 0.0952. The molecule has 0 bridgehead atoms. The van der Waals surface area contributed by atoms with Gasteiger partial charge in [0.15, 0.2) is 34.5 Å². The van der Waals surface area contributed by atoms with Gasteiger partial charge in [0.1, 0.15) is 6.61 Å². The van der Waals surface area contributed by atoms with E-state index < -0.39 is 5.97 Å². The number of benzene rings is 3. The number of carbonyl (C=O) groups is 1. The number of fused-ring (bicyclic) bond motifs is 6. The summed E-state index contributed by atoms with van der Waals surface area (Å²) in [5.41, 5.74) is 5.40. The van der Waals surface area contributed by atoms with Crippen LogP contribution in [0.15, 0.2) is 42.5 Å². The molecule has 3 aromatic carbocycles. The molecule has 3 aromatic rings. The molecule has 7 rings (SSSR count). The average molecular weight is 687 g/mol. The van der Waals surface area contributed by atoms with E-state index in [9.17, 15) is 4.79 Å². The molecule has 0 N–H and O–H groups in total. The molecule has 50 heavy (non-hydrogen) atoms. The molecule has 6 atom stereocenters. The van der Waals surface area contributed by atoms with E-state index in [0.29, 0.717) is 40.4 Å². The van der Waals surface area contributed by atoms with Gasteiger partial charge >= 0.3 is 5.97 Å². The lowest BCUT2D eigenvalue weighted by Crippen LogP contribution is -2.74. The van der Waals surface area contributed by atoms with Crippen molar-refractivity contribution in [3.05, 3.63) is 70.3 Å². The average Bonchev–Trinajstić information content (AvgIpc) is 3.33. The smallest absolute Gasteiger partial charge is 0.330 e. The highest BCUT2D eigenvalue weighted by Crippen LogP contribution is 2.65. The molecule has 0 saturated carbocycles. The number of ether oxygens (including phenoxy) is 8. The number of piperazine rings is 1. The van der Waals surface area contributed by atoms with E-state index in [1.54, 1.807) is 68.0 Å². The van der Waals surface area contributed by atoms with Crippen LogP contribution >= 0.6 is 0 Å². The Labute approximate surface area is 293 Å². The van der Waals surface area contributed by atoms with Gasteiger partial charge in [0.05, 0.1) is 61.9 Å². The van der Waals surface area contributed by atoms with Gasteiger partial charge in [-0.1, -0.05) is 0 Å². The zero-order valence-corrected chi connectivity index (χ0v) is 30.2. The zero-order valence-electron chi connectivity index (χ0n) is 30.2. The maximum atomic E-state index is 13.4. The third-order valence-corrected chi connectivity index (χ3v) is 11.3. The lowest BCUT2D eigenvalue weighted by atomic mass is 9.71. The van der Waals surface area contributed by atoms with Gasteiger partial charge in [-0.05, 0) is 97.0 Å². The molecular formula is C39H46N2O9. The number of nitrogens with zero attached hydrogens (tertiary/aromatic N) is 2. The normalized spacial score (nSPS) is 26.1. The van der Waals surface area contributed by atoms with Gasteiger partial charge in [0, 0.05) is 29.7 Å². The Kier molecular flexibility index (Phi) is 8.76. The van der Waals surface area contributed by atoms with Gasteiger partial charge in [-0.25, -0.2) is 4.79 Å². The van der Waals surface area contributed by atoms with Crippen LogP contribution in [0.2, 0.25) is 0 Å². The molecule has 266 valence electrons. The zero-order chi connectivity index (χ0) is 35.5. The fourth-order valence-electron chi connectivity index (χ4n) is 9.13.